The number of rotatable bonds is 4. The van der Waals surface area contributed by atoms with Gasteiger partial charge in [-0.15, -0.1) is 0 Å². The predicted molar refractivity (Wildman–Crippen MR) is 105 cm³/mol. The molecule has 2 bridgehead atoms. The van der Waals surface area contributed by atoms with Crippen LogP contribution in [0.25, 0.3) is 0 Å². The summed E-state index contributed by atoms with van der Waals surface area (Å²) in [5.74, 6) is 0. The van der Waals surface area contributed by atoms with E-state index in [9.17, 15) is 9.59 Å². The second-order valence-corrected chi connectivity index (χ2v) is 7.78. The highest BCUT2D eigenvalue weighted by molar-refractivity contribution is 5.78. The zero-order chi connectivity index (χ0) is 19.8. The van der Waals surface area contributed by atoms with E-state index in [1.54, 1.807) is 0 Å². The molecule has 2 aromatic rings. The second kappa shape index (κ2) is 6.95. The number of amides is 2. The Bertz CT molecular complexity index is 866. The first-order chi connectivity index (χ1) is 14.2. The monoisotopic (exact) mass is 390 g/mol. The number of hydrazine groups is 1. The summed E-state index contributed by atoms with van der Waals surface area (Å²) in [4.78, 5) is 25.9. The van der Waals surface area contributed by atoms with E-state index >= 15 is 0 Å². The molecule has 3 aliphatic rings. The molecule has 2 fully saturated rings. The molecule has 5 rings (SSSR count). The molecule has 6 heteroatoms. The van der Waals surface area contributed by atoms with Crippen molar-refractivity contribution in [3.8, 4) is 0 Å². The zero-order valence-corrected chi connectivity index (χ0v) is 15.9. The smallest absolute Gasteiger partial charge is 0.429 e. The standard InChI is InChI=1S/C23H22N2O4/c26-21(28-15-17-7-3-1-4-8-17)24-19-11-12-20(23(19)13-14-23)25(24)22(27)29-16-18-9-5-2-6-10-18/h1-12,19-20H,13-16H2. The van der Waals surface area contributed by atoms with Gasteiger partial charge in [0.25, 0.3) is 0 Å². The lowest BCUT2D eigenvalue weighted by atomic mass is 9.97. The van der Waals surface area contributed by atoms with Gasteiger partial charge in [-0.3, -0.25) is 0 Å². The van der Waals surface area contributed by atoms with E-state index in [1.807, 2.05) is 72.8 Å². The Kier molecular flexibility index (Phi) is 4.27. The van der Waals surface area contributed by atoms with Gasteiger partial charge < -0.3 is 9.47 Å². The average molecular weight is 390 g/mol. The third-order valence-electron chi connectivity index (χ3n) is 6.02. The van der Waals surface area contributed by atoms with Gasteiger partial charge >= 0.3 is 12.2 Å². The highest BCUT2D eigenvalue weighted by Crippen LogP contribution is 2.63. The van der Waals surface area contributed by atoms with Crippen molar-refractivity contribution in [2.45, 2.75) is 38.1 Å². The van der Waals surface area contributed by atoms with Gasteiger partial charge in [-0.2, -0.15) is 0 Å². The molecule has 6 nitrogen and oxygen atoms in total. The lowest BCUT2D eigenvalue weighted by Crippen LogP contribution is -2.51. The molecular formula is C23H22N2O4. The van der Waals surface area contributed by atoms with E-state index in [-0.39, 0.29) is 30.7 Å². The quantitative estimate of drug-likeness (QED) is 0.731. The summed E-state index contributed by atoms with van der Waals surface area (Å²) in [6, 6.07) is 18.7. The number of carbonyl (C=O) groups is 2. The van der Waals surface area contributed by atoms with Crippen LogP contribution < -0.4 is 0 Å². The highest BCUT2D eigenvalue weighted by atomic mass is 16.6. The zero-order valence-electron chi connectivity index (χ0n) is 15.9. The van der Waals surface area contributed by atoms with Crippen molar-refractivity contribution in [3.05, 3.63) is 83.9 Å². The first-order valence-electron chi connectivity index (χ1n) is 9.87. The van der Waals surface area contributed by atoms with Crippen LogP contribution in [0, 0.1) is 5.41 Å². The topological polar surface area (TPSA) is 59.1 Å². The molecule has 2 aliphatic carbocycles. The maximum Gasteiger partial charge on any atom is 0.429 e. The number of hydrogen-bond acceptors (Lipinski definition) is 4. The highest BCUT2D eigenvalue weighted by Gasteiger charge is 2.69. The Morgan fingerprint density at radius 2 is 1.17 bits per heavy atom. The maximum atomic E-state index is 12.9. The lowest BCUT2D eigenvalue weighted by molar-refractivity contribution is -0.0194. The van der Waals surface area contributed by atoms with Gasteiger partial charge in [0, 0.05) is 5.41 Å². The van der Waals surface area contributed by atoms with E-state index in [0.717, 1.165) is 24.0 Å². The van der Waals surface area contributed by atoms with Crippen molar-refractivity contribution in [1.82, 2.24) is 10.0 Å². The first kappa shape index (κ1) is 17.8. The van der Waals surface area contributed by atoms with Crippen LogP contribution in [0.3, 0.4) is 0 Å². The third kappa shape index (κ3) is 3.05. The molecule has 29 heavy (non-hydrogen) atoms. The Morgan fingerprint density at radius 3 is 1.55 bits per heavy atom. The molecule has 2 aromatic carbocycles. The van der Waals surface area contributed by atoms with Crippen molar-refractivity contribution in [1.29, 1.82) is 0 Å². The Hall–Kier alpha value is -3.28. The SMILES string of the molecule is O=C(OCc1ccccc1)N1C2C=CC(N1C(=O)OCc1ccccc1)C21CC1. The second-order valence-electron chi connectivity index (χ2n) is 7.78. The van der Waals surface area contributed by atoms with Crippen LogP contribution in [0.5, 0.6) is 0 Å². The van der Waals surface area contributed by atoms with Crippen molar-refractivity contribution < 1.29 is 19.1 Å². The van der Waals surface area contributed by atoms with Crippen molar-refractivity contribution >= 4 is 12.2 Å². The van der Waals surface area contributed by atoms with Crippen molar-refractivity contribution in [3.63, 3.8) is 0 Å². The summed E-state index contributed by atoms with van der Waals surface area (Å²) in [5.41, 5.74) is 1.73. The van der Waals surface area contributed by atoms with Gasteiger partial charge in [-0.25, -0.2) is 19.6 Å². The Balaban J connectivity index is 1.31. The van der Waals surface area contributed by atoms with Crippen LogP contribution in [0.4, 0.5) is 9.59 Å². The van der Waals surface area contributed by atoms with Gasteiger partial charge in [0.15, 0.2) is 0 Å². The number of ether oxygens (including phenoxy) is 2. The fourth-order valence-corrected chi connectivity index (χ4v) is 4.40. The van der Waals surface area contributed by atoms with Gasteiger partial charge in [0.1, 0.15) is 13.2 Å². The van der Waals surface area contributed by atoms with E-state index in [1.165, 1.54) is 10.0 Å². The summed E-state index contributed by atoms with van der Waals surface area (Å²) in [5, 5.41) is 2.90. The fraction of sp³-hybridized carbons (Fsp3) is 0.304. The van der Waals surface area contributed by atoms with Crippen LogP contribution in [-0.4, -0.2) is 34.3 Å². The Morgan fingerprint density at radius 1 is 0.759 bits per heavy atom. The minimum absolute atomic E-state index is 0.0719. The number of nitrogens with zero attached hydrogens (tertiary/aromatic N) is 2. The van der Waals surface area contributed by atoms with Crippen LogP contribution in [0.1, 0.15) is 24.0 Å². The summed E-state index contributed by atoms with van der Waals surface area (Å²) < 4.78 is 11.1. The lowest BCUT2D eigenvalue weighted by Gasteiger charge is -2.33. The van der Waals surface area contributed by atoms with Crippen LogP contribution in [0.2, 0.25) is 0 Å². The molecule has 2 amide bonds. The van der Waals surface area contributed by atoms with E-state index in [0.29, 0.717) is 0 Å². The number of hydrogen-bond donors (Lipinski definition) is 0. The molecule has 2 atom stereocenters. The molecule has 0 aromatic heterocycles. The summed E-state index contributed by atoms with van der Waals surface area (Å²) >= 11 is 0. The molecule has 1 saturated heterocycles. The molecule has 148 valence electrons. The molecular weight excluding hydrogens is 368 g/mol. The van der Waals surface area contributed by atoms with E-state index < -0.39 is 12.2 Å². The van der Waals surface area contributed by atoms with Crippen molar-refractivity contribution in [2.24, 2.45) is 5.41 Å². The fourth-order valence-electron chi connectivity index (χ4n) is 4.40. The minimum Gasteiger partial charge on any atom is -0.443 e. The third-order valence-corrected chi connectivity index (χ3v) is 6.02. The number of carbonyl (C=O) groups excluding carboxylic acids is 2. The van der Waals surface area contributed by atoms with Crippen LogP contribution >= 0.6 is 0 Å². The summed E-state index contributed by atoms with van der Waals surface area (Å²) in [7, 11) is 0. The van der Waals surface area contributed by atoms with E-state index in [4.69, 9.17) is 9.47 Å². The molecule has 2 unspecified atom stereocenters. The van der Waals surface area contributed by atoms with Gasteiger partial charge in [0.05, 0.1) is 12.1 Å². The molecule has 1 heterocycles. The van der Waals surface area contributed by atoms with Gasteiger partial charge in [-0.1, -0.05) is 72.8 Å². The largest absolute Gasteiger partial charge is 0.443 e. The average Bonchev–Trinajstić information content (AvgIpc) is 3.44. The van der Waals surface area contributed by atoms with Crippen LogP contribution in [-0.2, 0) is 22.7 Å². The molecule has 0 radical (unpaired) electrons. The Labute approximate surface area is 169 Å². The van der Waals surface area contributed by atoms with Gasteiger partial charge in [-0.05, 0) is 24.0 Å². The molecule has 1 saturated carbocycles. The van der Waals surface area contributed by atoms with E-state index in [2.05, 4.69) is 0 Å². The molecule has 1 spiro atoms. The van der Waals surface area contributed by atoms with Gasteiger partial charge in [0.2, 0.25) is 0 Å². The normalized spacial score (nSPS) is 22.8. The molecule has 0 N–H and O–H groups in total. The summed E-state index contributed by atoms with van der Waals surface area (Å²) in [6.45, 7) is 0.328. The number of benzene rings is 2. The summed E-state index contributed by atoms with van der Waals surface area (Å²) in [6.07, 6.45) is 4.97. The minimum atomic E-state index is -0.520. The molecule has 1 aliphatic heterocycles. The first-order valence-corrected chi connectivity index (χ1v) is 9.87. The maximum absolute atomic E-state index is 12.9. The predicted octanol–water partition coefficient (Wildman–Crippen LogP) is 4.28. The van der Waals surface area contributed by atoms with Crippen LogP contribution in [0.15, 0.2) is 72.8 Å². The van der Waals surface area contributed by atoms with Crippen molar-refractivity contribution in [2.75, 3.05) is 0 Å².